The fourth-order valence-corrected chi connectivity index (χ4v) is 7.83. The molecule has 2 fully saturated rings. The van der Waals surface area contributed by atoms with Crippen molar-refractivity contribution in [1.29, 1.82) is 5.26 Å². The molecule has 4 rings (SSSR count). The molecular weight excluding hydrogens is 472 g/mol. The molecule has 2 aromatic rings. The number of amides is 1. The van der Waals surface area contributed by atoms with Crippen molar-refractivity contribution in [2.75, 3.05) is 30.1 Å². The number of sulfone groups is 1. The summed E-state index contributed by atoms with van der Waals surface area (Å²) in [6, 6.07) is 18.7. The number of rotatable bonds is 7. The highest BCUT2D eigenvalue weighted by Gasteiger charge is 2.49. The van der Waals surface area contributed by atoms with Gasteiger partial charge in [-0.2, -0.15) is 5.26 Å². The highest BCUT2D eigenvalue weighted by Crippen LogP contribution is 2.41. The zero-order valence-electron chi connectivity index (χ0n) is 18.5. The van der Waals surface area contributed by atoms with Crippen molar-refractivity contribution in [3.05, 3.63) is 71.9 Å². The lowest BCUT2D eigenvalue weighted by atomic mass is 10.1. The molecule has 0 saturated carbocycles. The Balaban J connectivity index is 1.52. The predicted octanol–water partition coefficient (Wildman–Crippen LogP) is 2.54. The molecule has 0 radical (unpaired) electrons. The molecule has 8 nitrogen and oxygen atoms in total. The fourth-order valence-electron chi connectivity index (χ4n) is 3.94. The second-order valence-corrected chi connectivity index (χ2v) is 11.3. The highest BCUT2D eigenvalue weighted by molar-refractivity contribution is 8.16. The number of aliphatic imine (C=N–C) groups is 1. The minimum atomic E-state index is -3.14. The van der Waals surface area contributed by atoms with Gasteiger partial charge in [-0.05, 0) is 36.2 Å². The summed E-state index contributed by atoms with van der Waals surface area (Å²) in [5, 5.41) is 12.6. The summed E-state index contributed by atoms with van der Waals surface area (Å²) in [5.74, 6) is 0.292. The lowest BCUT2D eigenvalue weighted by Crippen LogP contribution is -2.37. The summed E-state index contributed by atoms with van der Waals surface area (Å²) in [5.41, 5.74) is 1.75. The number of amidine groups is 1. The molecule has 0 spiro atoms. The van der Waals surface area contributed by atoms with E-state index in [1.165, 1.54) is 18.0 Å². The van der Waals surface area contributed by atoms with E-state index in [0.717, 1.165) is 11.3 Å². The van der Waals surface area contributed by atoms with Gasteiger partial charge in [0.25, 0.3) is 5.91 Å². The van der Waals surface area contributed by atoms with Crippen LogP contribution < -0.4 is 15.0 Å². The van der Waals surface area contributed by atoms with Gasteiger partial charge >= 0.3 is 0 Å². The quantitative estimate of drug-likeness (QED) is 0.463. The van der Waals surface area contributed by atoms with Gasteiger partial charge in [0.15, 0.2) is 15.0 Å². The van der Waals surface area contributed by atoms with E-state index in [1.807, 2.05) is 53.4 Å². The summed E-state index contributed by atoms with van der Waals surface area (Å²) in [6.45, 7) is 0.396. The molecule has 0 unspecified atom stereocenters. The minimum absolute atomic E-state index is 0.0323. The van der Waals surface area contributed by atoms with E-state index in [9.17, 15) is 18.5 Å². The highest BCUT2D eigenvalue weighted by atomic mass is 32.2. The number of benzene rings is 2. The topological polar surface area (TPSA) is 112 Å². The molecule has 2 aromatic carbocycles. The van der Waals surface area contributed by atoms with Crippen molar-refractivity contribution in [1.82, 2.24) is 5.32 Å². The Morgan fingerprint density at radius 3 is 2.65 bits per heavy atom. The van der Waals surface area contributed by atoms with Gasteiger partial charge in [0.2, 0.25) is 0 Å². The van der Waals surface area contributed by atoms with Crippen LogP contribution in [0.4, 0.5) is 5.69 Å². The molecule has 1 amide bonds. The van der Waals surface area contributed by atoms with Crippen LogP contribution in [0, 0.1) is 11.3 Å². The number of nitrogens with one attached hydrogen (secondary N) is 1. The summed E-state index contributed by atoms with van der Waals surface area (Å²) >= 11 is 1.36. The maximum absolute atomic E-state index is 12.5. The van der Waals surface area contributed by atoms with E-state index in [2.05, 4.69) is 10.3 Å². The van der Waals surface area contributed by atoms with Crippen molar-refractivity contribution in [2.45, 2.75) is 17.7 Å². The summed E-state index contributed by atoms with van der Waals surface area (Å²) < 4.78 is 29.7. The molecule has 1 N–H and O–H groups in total. The second-order valence-electron chi connectivity index (χ2n) is 7.93. The molecule has 0 aromatic heterocycles. The molecule has 2 saturated heterocycles. The Hall–Kier alpha value is -3.29. The van der Waals surface area contributed by atoms with E-state index in [0.29, 0.717) is 23.9 Å². The summed E-state index contributed by atoms with van der Waals surface area (Å²) in [7, 11) is -1.56. The van der Waals surface area contributed by atoms with Crippen LogP contribution in [0.1, 0.15) is 5.56 Å². The van der Waals surface area contributed by atoms with Crippen LogP contribution in [-0.4, -0.2) is 55.9 Å². The molecule has 2 aliphatic rings. The number of hydrogen-bond acceptors (Lipinski definition) is 7. The van der Waals surface area contributed by atoms with E-state index >= 15 is 0 Å². The van der Waals surface area contributed by atoms with Crippen LogP contribution >= 0.6 is 11.8 Å². The zero-order chi connectivity index (χ0) is 24.1. The Morgan fingerprint density at radius 2 is 1.97 bits per heavy atom. The number of nitrogens with zero attached hydrogens (tertiary/aromatic N) is 3. The van der Waals surface area contributed by atoms with Crippen LogP contribution in [0.15, 0.2) is 71.4 Å². The zero-order valence-corrected chi connectivity index (χ0v) is 20.2. The first-order valence-corrected chi connectivity index (χ1v) is 13.4. The molecule has 0 bridgehead atoms. The molecule has 34 heavy (non-hydrogen) atoms. The van der Waals surface area contributed by atoms with Crippen molar-refractivity contribution in [3.63, 3.8) is 0 Å². The lowest BCUT2D eigenvalue weighted by molar-refractivity contribution is -0.117. The van der Waals surface area contributed by atoms with Gasteiger partial charge in [-0.1, -0.05) is 42.1 Å². The third-order valence-electron chi connectivity index (χ3n) is 5.63. The molecule has 176 valence electrons. The van der Waals surface area contributed by atoms with Crippen LogP contribution in [-0.2, 0) is 21.1 Å². The van der Waals surface area contributed by atoms with Crippen LogP contribution in [0.25, 0.3) is 0 Å². The van der Waals surface area contributed by atoms with Crippen molar-refractivity contribution < 1.29 is 17.9 Å². The molecule has 2 atom stereocenters. The van der Waals surface area contributed by atoms with E-state index in [1.54, 1.807) is 19.2 Å². The standard InChI is InChI=1S/C24H24N4O4S2/c1-32-20-9-7-19(8-10-20)28-21-15-34(30,31)16-22(21)33-24(28)27-14-18(13-25)23(29)26-12-11-17-5-3-2-4-6-17/h2-10,14,21-22H,11-12,15-16H2,1H3,(H,26,29)/b18-14+,27-24?/t21-,22+/m0/s1. The minimum Gasteiger partial charge on any atom is -0.497 e. The monoisotopic (exact) mass is 496 g/mol. The third kappa shape index (κ3) is 5.43. The number of methoxy groups -OCH3 is 1. The second kappa shape index (κ2) is 10.3. The largest absolute Gasteiger partial charge is 0.497 e. The van der Waals surface area contributed by atoms with Crippen LogP contribution in [0.3, 0.4) is 0 Å². The Labute approximate surface area is 203 Å². The van der Waals surface area contributed by atoms with E-state index in [4.69, 9.17) is 4.74 Å². The fraction of sp³-hybridized carbons (Fsp3) is 0.292. The lowest BCUT2D eigenvalue weighted by Gasteiger charge is -2.24. The smallest absolute Gasteiger partial charge is 0.263 e. The van der Waals surface area contributed by atoms with Gasteiger partial charge in [-0.25, -0.2) is 13.4 Å². The number of thioether (sulfide) groups is 1. The molecule has 2 aliphatic heterocycles. The molecular formula is C24H24N4O4S2. The first kappa shape index (κ1) is 23.9. The number of hydrogen-bond donors (Lipinski definition) is 1. The maximum Gasteiger partial charge on any atom is 0.263 e. The first-order valence-electron chi connectivity index (χ1n) is 10.7. The number of fused-ring (bicyclic) bond motifs is 1. The number of nitriles is 1. The number of carbonyl (C=O) groups excluding carboxylic acids is 1. The summed E-state index contributed by atoms with van der Waals surface area (Å²) in [4.78, 5) is 18.8. The first-order chi connectivity index (χ1) is 16.4. The molecule has 2 heterocycles. The maximum atomic E-state index is 12.5. The Kier molecular flexibility index (Phi) is 7.24. The van der Waals surface area contributed by atoms with E-state index in [-0.39, 0.29) is 28.4 Å². The summed E-state index contributed by atoms with van der Waals surface area (Å²) in [6.07, 6.45) is 1.91. The number of ether oxygens (including phenoxy) is 1. The van der Waals surface area contributed by atoms with Crippen molar-refractivity contribution in [3.8, 4) is 11.8 Å². The molecule has 10 heteroatoms. The van der Waals surface area contributed by atoms with Gasteiger partial charge in [0.05, 0.1) is 30.9 Å². The third-order valence-corrected chi connectivity index (χ3v) is 8.85. The number of anilines is 1. The van der Waals surface area contributed by atoms with E-state index < -0.39 is 15.7 Å². The van der Waals surface area contributed by atoms with Crippen LogP contribution in [0.2, 0.25) is 0 Å². The average Bonchev–Trinajstić information content (AvgIpc) is 3.31. The predicted molar refractivity (Wildman–Crippen MR) is 134 cm³/mol. The van der Waals surface area contributed by atoms with Gasteiger partial charge in [-0.3, -0.25) is 4.79 Å². The van der Waals surface area contributed by atoms with Gasteiger partial charge < -0.3 is 15.0 Å². The normalized spacial score (nSPS) is 22.3. The number of carbonyl (C=O) groups is 1. The van der Waals surface area contributed by atoms with Gasteiger partial charge in [0.1, 0.15) is 17.4 Å². The average molecular weight is 497 g/mol. The van der Waals surface area contributed by atoms with Gasteiger partial charge in [-0.15, -0.1) is 0 Å². The van der Waals surface area contributed by atoms with Gasteiger partial charge in [0, 0.05) is 17.5 Å². The Morgan fingerprint density at radius 1 is 1.24 bits per heavy atom. The van der Waals surface area contributed by atoms with Crippen LogP contribution in [0.5, 0.6) is 5.75 Å². The van der Waals surface area contributed by atoms with Crippen molar-refractivity contribution >= 4 is 38.4 Å². The van der Waals surface area contributed by atoms with Crippen molar-refractivity contribution in [2.24, 2.45) is 4.99 Å². The SMILES string of the molecule is COc1ccc(N2C(=N/C=C(\C#N)C(=O)NCCc3ccccc3)S[C@@H]3CS(=O)(=O)C[C@@H]32)cc1. The Bertz CT molecular complexity index is 1250. The molecule has 0 aliphatic carbocycles.